The minimum atomic E-state index is 0.236. The van der Waals surface area contributed by atoms with Crippen LogP contribution in [0.5, 0.6) is 5.75 Å². The third-order valence-corrected chi connectivity index (χ3v) is 1.60. The largest absolute Gasteiger partial charge is 0.491 e. The third-order valence-electron chi connectivity index (χ3n) is 1.60. The highest BCUT2D eigenvalue weighted by atomic mass is 16.5. The Morgan fingerprint density at radius 3 is 2.50 bits per heavy atom. The summed E-state index contributed by atoms with van der Waals surface area (Å²) in [6, 6.07) is 5.96. The summed E-state index contributed by atoms with van der Waals surface area (Å²) in [7, 11) is 0. The van der Waals surface area contributed by atoms with Gasteiger partial charge in [0.25, 0.3) is 0 Å². The van der Waals surface area contributed by atoms with Crippen LogP contribution in [0.1, 0.15) is 25.0 Å². The first-order valence-corrected chi connectivity index (χ1v) is 4.19. The topological polar surface area (TPSA) is 9.23 Å². The first-order chi connectivity index (χ1) is 5.59. The summed E-state index contributed by atoms with van der Waals surface area (Å²) < 4.78 is 5.57. The summed E-state index contributed by atoms with van der Waals surface area (Å²) in [6.45, 7) is 9.93. The first-order valence-electron chi connectivity index (χ1n) is 4.19. The SMILES string of the molecule is [CH2]c1ccc(OC(C)C)c(C)c1. The van der Waals surface area contributed by atoms with Crippen molar-refractivity contribution in [1.29, 1.82) is 0 Å². The van der Waals surface area contributed by atoms with E-state index in [1.54, 1.807) is 0 Å². The van der Waals surface area contributed by atoms with Crippen LogP contribution in [0.25, 0.3) is 0 Å². The van der Waals surface area contributed by atoms with Gasteiger partial charge >= 0.3 is 0 Å². The van der Waals surface area contributed by atoms with Crippen LogP contribution in [0.3, 0.4) is 0 Å². The molecule has 0 aliphatic heterocycles. The lowest BCUT2D eigenvalue weighted by molar-refractivity contribution is 0.241. The Kier molecular flexibility index (Phi) is 2.74. The number of hydrogen-bond acceptors (Lipinski definition) is 1. The van der Waals surface area contributed by atoms with E-state index in [0.717, 1.165) is 16.9 Å². The first kappa shape index (κ1) is 9.11. The normalized spacial score (nSPS) is 10.4. The van der Waals surface area contributed by atoms with Gasteiger partial charge < -0.3 is 4.74 Å². The highest BCUT2D eigenvalue weighted by Crippen LogP contribution is 2.19. The zero-order valence-electron chi connectivity index (χ0n) is 7.92. The standard InChI is InChI=1S/C11H15O/c1-8(2)12-11-6-5-9(3)7-10(11)4/h5-8H,3H2,1-2,4H3. The van der Waals surface area contributed by atoms with Gasteiger partial charge in [0.1, 0.15) is 5.75 Å². The molecule has 1 nitrogen and oxygen atoms in total. The highest BCUT2D eigenvalue weighted by Gasteiger charge is 2.00. The molecule has 0 aliphatic carbocycles. The number of hydrogen-bond donors (Lipinski definition) is 0. The lowest BCUT2D eigenvalue weighted by Gasteiger charge is -2.12. The molecular formula is C11H15O. The Morgan fingerprint density at radius 1 is 1.33 bits per heavy atom. The van der Waals surface area contributed by atoms with Crippen LogP contribution < -0.4 is 4.74 Å². The molecule has 1 rings (SSSR count). The van der Waals surface area contributed by atoms with E-state index in [0.29, 0.717) is 0 Å². The molecule has 0 saturated carbocycles. The van der Waals surface area contributed by atoms with E-state index in [1.807, 2.05) is 39.0 Å². The second kappa shape index (κ2) is 3.61. The summed E-state index contributed by atoms with van der Waals surface area (Å²) in [6.07, 6.45) is 0.236. The molecule has 0 fully saturated rings. The average molecular weight is 163 g/mol. The van der Waals surface area contributed by atoms with E-state index in [9.17, 15) is 0 Å². The van der Waals surface area contributed by atoms with E-state index in [2.05, 4.69) is 6.92 Å². The Labute approximate surface area is 74.4 Å². The van der Waals surface area contributed by atoms with Crippen LogP contribution in [0.15, 0.2) is 18.2 Å². The smallest absolute Gasteiger partial charge is 0.122 e. The fourth-order valence-electron chi connectivity index (χ4n) is 1.10. The van der Waals surface area contributed by atoms with Crippen molar-refractivity contribution in [2.45, 2.75) is 26.9 Å². The van der Waals surface area contributed by atoms with Crippen molar-refractivity contribution >= 4 is 0 Å². The molecule has 0 amide bonds. The molecule has 12 heavy (non-hydrogen) atoms. The van der Waals surface area contributed by atoms with Crippen molar-refractivity contribution in [2.75, 3.05) is 0 Å². The van der Waals surface area contributed by atoms with Gasteiger partial charge in [-0.15, -0.1) is 0 Å². The molecule has 0 heterocycles. The number of ether oxygens (including phenoxy) is 1. The Hall–Kier alpha value is -0.980. The molecule has 0 bridgehead atoms. The van der Waals surface area contributed by atoms with Gasteiger partial charge in [0.15, 0.2) is 0 Å². The molecule has 1 aromatic rings. The van der Waals surface area contributed by atoms with Crippen molar-refractivity contribution in [2.24, 2.45) is 0 Å². The van der Waals surface area contributed by atoms with E-state index in [1.165, 1.54) is 0 Å². The third kappa shape index (κ3) is 2.26. The molecule has 1 heteroatoms. The number of rotatable bonds is 2. The van der Waals surface area contributed by atoms with Gasteiger partial charge in [-0.25, -0.2) is 0 Å². The summed E-state index contributed by atoms with van der Waals surface area (Å²) >= 11 is 0. The summed E-state index contributed by atoms with van der Waals surface area (Å²) in [4.78, 5) is 0. The second-order valence-corrected chi connectivity index (χ2v) is 3.27. The molecule has 1 aromatic carbocycles. The van der Waals surface area contributed by atoms with Gasteiger partial charge in [0.2, 0.25) is 0 Å². The molecule has 0 saturated heterocycles. The second-order valence-electron chi connectivity index (χ2n) is 3.27. The summed E-state index contributed by atoms with van der Waals surface area (Å²) in [5.41, 5.74) is 2.18. The summed E-state index contributed by atoms with van der Waals surface area (Å²) in [5, 5.41) is 0. The van der Waals surface area contributed by atoms with Crippen LogP contribution >= 0.6 is 0 Å². The van der Waals surface area contributed by atoms with Gasteiger partial charge in [0.05, 0.1) is 6.10 Å². The molecule has 0 unspecified atom stereocenters. The maximum atomic E-state index is 5.57. The molecule has 0 N–H and O–H groups in total. The molecule has 0 aliphatic rings. The molecule has 65 valence electrons. The predicted molar refractivity (Wildman–Crippen MR) is 51.4 cm³/mol. The van der Waals surface area contributed by atoms with Crippen LogP contribution in [0, 0.1) is 13.8 Å². The monoisotopic (exact) mass is 163 g/mol. The zero-order valence-corrected chi connectivity index (χ0v) is 7.92. The van der Waals surface area contributed by atoms with Crippen molar-refractivity contribution < 1.29 is 4.74 Å². The molecular weight excluding hydrogens is 148 g/mol. The van der Waals surface area contributed by atoms with Crippen molar-refractivity contribution in [3.63, 3.8) is 0 Å². The van der Waals surface area contributed by atoms with Gasteiger partial charge in [0, 0.05) is 0 Å². The number of aryl methyl sites for hydroxylation is 1. The van der Waals surface area contributed by atoms with Gasteiger partial charge in [-0.3, -0.25) is 0 Å². The Balaban J connectivity index is 2.86. The number of benzene rings is 1. The van der Waals surface area contributed by atoms with Crippen LogP contribution in [0.2, 0.25) is 0 Å². The van der Waals surface area contributed by atoms with Crippen molar-refractivity contribution in [3.8, 4) is 5.75 Å². The maximum Gasteiger partial charge on any atom is 0.122 e. The molecule has 1 radical (unpaired) electrons. The van der Waals surface area contributed by atoms with Crippen LogP contribution in [0.4, 0.5) is 0 Å². The van der Waals surface area contributed by atoms with Gasteiger partial charge in [-0.1, -0.05) is 12.1 Å². The quantitative estimate of drug-likeness (QED) is 0.651. The maximum absolute atomic E-state index is 5.57. The molecule has 0 spiro atoms. The molecule has 0 atom stereocenters. The fraction of sp³-hybridized carbons (Fsp3) is 0.364. The summed E-state index contributed by atoms with van der Waals surface area (Å²) in [5.74, 6) is 0.956. The molecule has 0 aromatic heterocycles. The predicted octanol–water partition coefficient (Wildman–Crippen LogP) is 2.96. The van der Waals surface area contributed by atoms with Gasteiger partial charge in [-0.05, 0) is 44.9 Å². The zero-order chi connectivity index (χ0) is 9.14. The fourth-order valence-corrected chi connectivity index (χ4v) is 1.10. The van der Waals surface area contributed by atoms with Crippen molar-refractivity contribution in [3.05, 3.63) is 36.2 Å². The van der Waals surface area contributed by atoms with E-state index < -0.39 is 0 Å². The van der Waals surface area contributed by atoms with Crippen molar-refractivity contribution in [1.82, 2.24) is 0 Å². The highest BCUT2D eigenvalue weighted by molar-refractivity contribution is 5.37. The van der Waals surface area contributed by atoms with E-state index >= 15 is 0 Å². The van der Waals surface area contributed by atoms with Crippen LogP contribution in [-0.2, 0) is 0 Å². The van der Waals surface area contributed by atoms with E-state index in [-0.39, 0.29) is 6.10 Å². The van der Waals surface area contributed by atoms with Gasteiger partial charge in [-0.2, -0.15) is 0 Å². The Bertz CT molecular complexity index is 264. The lowest BCUT2D eigenvalue weighted by Crippen LogP contribution is -2.06. The Morgan fingerprint density at radius 2 is 2.00 bits per heavy atom. The minimum absolute atomic E-state index is 0.236. The average Bonchev–Trinajstić information content (AvgIpc) is 1.94. The minimum Gasteiger partial charge on any atom is -0.491 e. The van der Waals surface area contributed by atoms with E-state index in [4.69, 9.17) is 4.74 Å². The van der Waals surface area contributed by atoms with Crippen LogP contribution in [-0.4, -0.2) is 6.10 Å². The lowest BCUT2D eigenvalue weighted by atomic mass is 10.1.